The highest BCUT2D eigenvalue weighted by Gasteiger charge is 2.43. The van der Waals surface area contributed by atoms with Gasteiger partial charge in [0.2, 0.25) is 0 Å². The minimum atomic E-state index is -1.54. The zero-order valence-electron chi connectivity index (χ0n) is 39.6. The molecular formula is C58H64N2Si2. The summed E-state index contributed by atoms with van der Waals surface area (Å²) in [6.07, 6.45) is 0. The van der Waals surface area contributed by atoms with Gasteiger partial charge >= 0.3 is 0 Å². The second-order valence-electron chi connectivity index (χ2n) is 21.5. The lowest BCUT2D eigenvalue weighted by molar-refractivity contribution is 0.652. The summed E-state index contributed by atoms with van der Waals surface area (Å²) in [6.45, 7) is 33.4. The molecule has 0 saturated heterocycles. The number of rotatable bonds is 8. The smallest absolute Gasteiger partial charge is 0.0776 e. The van der Waals surface area contributed by atoms with E-state index in [0.29, 0.717) is 0 Å². The van der Waals surface area contributed by atoms with Crippen molar-refractivity contribution in [1.82, 2.24) is 0 Å². The van der Waals surface area contributed by atoms with Crippen LogP contribution in [0.5, 0.6) is 0 Å². The van der Waals surface area contributed by atoms with Gasteiger partial charge in [0, 0.05) is 45.0 Å². The third kappa shape index (κ3) is 6.91. The Kier molecular flexibility index (Phi) is 9.85. The standard InChI is InChI=1S/C58H64N2Si2/c1-37-18-22-41(23-19-37)59(43-26-28-47(29-27-43)61(9,10)11)45-30-39(3)55-49-35-52-50(36-51(49)57(5,6)53(55)33-45)56-40(4)31-46(34-54(56)58(52,7)8)60(42-24-20-38(2)21-25-42)44-16-15-17-48(32-44)62(12,13)14/h15-36H,1-14H3. The van der Waals surface area contributed by atoms with Crippen LogP contribution in [0.15, 0.2) is 133 Å². The van der Waals surface area contributed by atoms with E-state index < -0.39 is 16.1 Å². The van der Waals surface area contributed by atoms with E-state index in [-0.39, 0.29) is 10.8 Å². The SMILES string of the molecule is Cc1ccc(N(c2ccc([Si](C)(C)C)cc2)c2cc(C)c3c(c2)C(C)(C)c2cc4c(cc2-3)C(C)(C)c2cc(N(c3ccc(C)cc3)c3cccc([Si](C)(C)C)c3)cc(C)c2-4)cc1. The Bertz CT molecular complexity index is 2890. The van der Waals surface area contributed by atoms with E-state index in [4.69, 9.17) is 0 Å². The highest BCUT2D eigenvalue weighted by Crippen LogP contribution is 2.59. The van der Waals surface area contributed by atoms with Crippen molar-refractivity contribution in [1.29, 1.82) is 0 Å². The van der Waals surface area contributed by atoms with E-state index in [1.165, 1.54) is 111 Å². The molecule has 2 nitrogen and oxygen atoms in total. The van der Waals surface area contributed by atoms with Crippen LogP contribution in [0.2, 0.25) is 39.3 Å². The second-order valence-corrected chi connectivity index (χ2v) is 31.7. The summed E-state index contributed by atoms with van der Waals surface area (Å²) in [4.78, 5) is 4.94. The quantitative estimate of drug-likeness (QED) is 0.141. The van der Waals surface area contributed by atoms with Crippen molar-refractivity contribution < 1.29 is 0 Å². The van der Waals surface area contributed by atoms with Crippen molar-refractivity contribution >= 4 is 60.6 Å². The summed E-state index contributed by atoms with van der Waals surface area (Å²) >= 11 is 0. The molecule has 4 heteroatoms. The van der Waals surface area contributed by atoms with Gasteiger partial charge in [-0.1, -0.05) is 137 Å². The van der Waals surface area contributed by atoms with Crippen molar-refractivity contribution in [3.05, 3.63) is 178 Å². The third-order valence-corrected chi connectivity index (χ3v) is 18.2. The Labute approximate surface area is 374 Å². The van der Waals surface area contributed by atoms with E-state index in [0.717, 1.165) is 0 Å². The summed E-state index contributed by atoms with van der Waals surface area (Å²) in [5, 5.41) is 2.95. The number of aryl methyl sites for hydroxylation is 4. The van der Waals surface area contributed by atoms with Crippen LogP contribution in [0.1, 0.15) is 72.2 Å². The molecule has 314 valence electrons. The van der Waals surface area contributed by atoms with Crippen LogP contribution in [0.4, 0.5) is 34.1 Å². The van der Waals surface area contributed by atoms with Crippen LogP contribution in [0.3, 0.4) is 0 Å². The van der Waals surface area contributed by atoms with Crippen molar-refractivity contribution in [3.63, 3.8) is 0 Å². The van der Waals surface area contributed by atoms with Crippen molar-refractivity contribution in [2.45, 2.75) is 106 Å². The molecule has 0 saturated carbocycles. The Morgan fingerprint density at radius 1 is 0.355 bits per heavy atom. The van der Waals surface area contributed by atoms with Crippen LogP contribution in [0, 0.1) is 27.7 Å². The van der Waals surface area contributed by atoms with Gasteiger partial charge in [0.25, 0.3) is 0 Å². The molecule has 7 aromatic rings. The molecule has 0 radical (unpaired) electrons. The van der Waals surface area contributed by atoms with Gasteiger partial charge in [-0.3, -0.25) is 0 Å². The molecule has 0 N–H and O–H groups in total. The van der Waals surface area contributed by atoms with Crippen LogP contribution in [0.25, 0.3) is 22.3 Å². The molecule has 0 aromatic heterocycles. The van der Waals surface area contributed by atoms with E-state index in [2.05, 4.69) is 238 Å². The number of fused-ring (bicyclic) bond motifs is 6. The summed E-state index contributed by atoms with van der Waals surface area (Å²) in [6, 6.07) is 51.7. The van der Waals surface area contributed by atoms with Gasteiger partial charge in [-0.2, -0.15) is 0 Å². The van der Waals surface area contributed by atoms with Gasteiger partial charge in [0.1, 0.15) is 0 Å². The van der Waals surface area contributed by atoms with Gasteiger partial charge in [0.15, 0.2) is 0 Å². The first-order chi connectivity index (χ1) is 29.1. The third-order valence-electron chi connectivity index (χ3n) is 14.1. The highest BCUT2D eigenvalue weighted by molar-refractivity contribution is 6.89. The van der Waals surface area contributed by atoms with Crippen LogP contribution < -0.4 is 20.2 Å². The predicted molar refractivity (Wildman–Crippen MR) is 276 cm³/mol. The Balaban J connectivity index is 1.17. The monoisotopic (exact) mass is 844 g/mol. The van der Waals surface area contributed by atoms with E-state index in [1.54, 1.807) is 0 Å². The zero-order valence-corrected chi connectivity index (χ0v) is 41.6. The van der Waals surface area contributed by atoms with Crippen molar-refractivity contribution in [3.8, 4) is 22.3 Å². The molecular weight excluding hydrogens is 781 g/mol. The minimum Gasteiger partial charge on any atom is -0.310 e. The van der Waals surface area contributed by atoms with Gasteiger partial charge in [0.05, 0.1) is 16.1 Å². The van der Waals surface area contributed by atoms with Gasteiger partial charge in [-0.05, 0) is 168 Å². The lowest BCUT2D eigenvalue weighted by Crippen LogP contribution is -2.37. The zero-order chi connectivity index (χ0) is 44.3. The summed E-state index contributed by atoms with van der Waals surface area (Å²) in [5.41, 5.74) is 23.2. The lowest BCUT2D eigenvalue weighted by Gasteiger charge is -2.30. The van der Waals surface area contributed by atoms with Gasteiger partial charge in [-0.25, -0.2) is 0 Å². The van der Waals surface area contributed by atoms with Crippen molar-refractivity contribution in [2.75, 3.05) is 9.80 Å². The fourth-order valence-corrected chi connectivity index (χ4v) is 12.7. The van der Waals surface area contributed by atoms with Gasteiger partial charge in [-0.15, -0.1) is 0 Å². The molecule has 0 unspecified atom stereocenters. The topological polar surface area (TPSA) is 6.48 Å². The molecule has 7 aromatic carbocycles. The summed E-state index contributed by atoms with van der Waals surface area (Å²) < 4.78 is 0. The Morgan fingerprint density at radius 3 is 1.15 bits per heavy atom. The second kappa shape index (κ2) is 14.6. The number of anilines is 6. The van der Waals surface area contributed by atoms with Crippen LogP contribution in [-0.4, -0.2) is 16.1 Å². The van der Waals surface area contributed by atoms with E-state index >= 15 is 0 Å². The van der Waals surface area contributed by atoms with E-state index in [1.807, 2.05) is 0 Å². The maximum Gasteiger partial charge on any atom is 0.0776 e. The maximum absolute atomic E-state index is 2.58. The first kappa shape index (κ1) is 41.9. The molecule has 0 amide bonds. The number of hydrogen-bond donors (Lipinski definition) is 0. The molecule has 0 fully saturated rings. The average Bonchev–Trinajstić information content (AvgIpc) is 3.57. The number of hydrogen-bond acceptors (Lipinski definition) is 2. The fraction of sp³-hybridized carbons (Fsp3) is 0.276. The molecule has 0 heterocycles. The minimum absolute atomic E-state index is 0.189. The molecule has 0 spiro atoms. The van der Waals surface area contributed by atoms with Crippen LogP contribution in [-0.2, 0) is 10.8 Å². The molecule has 2 aliphatic carbocycles. The van der Waals surface area contributed by atoms with E-state index in [9.17, 15) is 0 Å². The molecule has 62 heavy (non-hydrogen) atoms. The lowest BCUT2D eigenvalue weighted by atomic mass is 9.79. The molecule has 0 atom stereocenters. The summed E-state index contributed by atoms with van der Waals surface area (Å²) in [7, 11) is -2.99. The maximum atomic E-state index is 2.58. The Hall–Kier alpha value is -5.43. The number of nitrogens with zero attached hydrogens (tertiary/aromatic N) is 2. The van der Waals surface area contributed by atoms with Gasteiger partial charge < -0.3 is 9.80 Å². The first-order valence-electron chi connectivity index (χ1n) is 22.6. The Morgan fingerprint density at radius 2 is 0.742 bits per heavy atom. The number of benzene rings is 7. The fourth-order valence-electron chi connectivity index (χ4n) is 10.3. The molecule has 2 aliphatic rings. The highest BCUT2D eigenvalue weighted by atomic mass is 28.3. The largest absolute Gasteiger partial charge is 0.310 e. The summed E-state index contributed by atoms with van der Waals surface area (Å²) in [5.74, 6) is 0. The van der Waals surface area contributed by atoms with Crippen molar-refractivity contribution in [2.24, 2.45) is 0 Å². The predicted octanol–water partition coefficient (Wildman–Crippen LogP) is 15.6. The van der Waals surface area contributed by atoms with Crippen LogP contribution >= 0.6 is 0 Å². The molecule has 0 bridgehead atoms. The molecule has 9 rings (SSSR count). The molecule has 0 aliphatic heterocycles. The first-order valence-corrected chi connectivity index (χ1v) is 29.6. The normalized spacial score (nSPS) is 14.5. The average molecular weight is 845 g/mol.